The Morgan fingerprint density at radius 3 is 2.67 bits per heavy atom. The van der Waals surface area contributed by atoms with Crippen LogP contribution in [-0.4, -0.2) is 11.4 Å². The molecular formula is C13H18O2. The molecule has 0 radical (unpaired) electrons. The van der Waals surface area contributed by atoms with Crippen LogP contribution < -0.4 is 0 Å². The van der Waals surface area contributed by atoms with Crippen molar-refractivity contribution in [3.8, 4) is 5.75 Å². The molecule has 0 bridgehead atoms. The molecule has 1 aromatic carbocycles. The number of aromatic hydroxyl groups is 1. The smallest absolute Gasteiger partial charge is 0.120 e. The number of para-hydroxylation sites is 1. The van der Waals surface area contributed by atoms with Crippen LogP contribution in [0.15, 0.2) is 24.3 Å². The zero-order chi connectivity index (χ0) is 11.1. The summed E-state index contributed by atoms with van der Waals surface area (Å²) >= 11 is 0. The standard InChI is InChI=1S/C13H18O2/c1-2-6-11(7-5-10-14)12-8-3-4-9-13(12)15/h3-4,8-11,15H,2,5-7H2,1H3/t11-/m1/s1. The minimum Gasteiger partial charge on any atom is -0.508 e. The Kier molecular flexibility index (Phi) is 4.88. The first-order chi connectivity index (χ1) is 7.29. The molecule has 1 N–H and O–H groups in total. The average Bonchev–Trinajstić information content (AvgIpc) is 2.25. The van der Waals surface area contributed by atoms with Crippen LogP contribution in [0.3, 0.4) is 0 Å². The van der Waals surface area contributed by atoms with E-state index in [2.05, 4.69) is 6.92 Å². The van der Waals surface area contributed by atoms with Gasteiger partial charge in [-0.25, -0.2) is 0 Å². The Labute approximate surface area is 90.9 Å². The number of aldehydes is 1. The normalized spacial score (nSPS) is 12.3. The van der Waals surface area contributed by atoms with Crippen LogP contribution >= 0.6 is 0 Å². The van der Waals surface area contributed by atoms with Crippen LogP contribution in [0.1, 0.15) is 44.1 Å². The SMILES string of the molecule is CCC[C@H](CCC=O)c1ccccc1O. The molecule has 1 rings (SSSR count). The molecule has 0 spiro atoms. The number of phenolic OH excluding ortho intramolecular Hbond substituents is 1. The predicted molar refractivity (Wildman–Crippen MR) is 61.1 cm³/mol. The number of benzene rings is 1. The maximum atomic E-state index is 10.4. The number of hydrogen-bond acceptors (Lipinski definition) is 2. The summed E-state index contributed by atoms with van der Waals surface area (Å²) in [6.45, 7) is 2.12. The Balaban J connectivity index is 2.78. The summed E-state index contributed by atoms with van der Waals surface area (Å²) in [5.41, 5.74) is 0.973. The van der Waals surface area contributed by atoms with E-state index in [-0.39, 0.29) is 0 Å². The van der Waals surface area contributed by atoms with E-state index in [0.717, 1.165) is 31.1 Å². The summed E-state index contributed by atoms with van der Waals surface area (Å²) in [6.07, 6.45) is 4.43. The number of hydrogen-bond donors (Lipinski definition) is 1. The van der Waals surface area contributed by atoms with Crippen molar-refractivity contribution in [3.05, 3.63) is 29.8 Å². The highest BCUT2D eigenvalue weighted by Gasteiger charge is 2.13. The first kappa shape index (κ1) is 11.8. The molecule has 0 saturated heterocycles. The van der Waals surface area contributed by atoms with Gasteiger partial charge in [0.05, 0.1) is 0 Å². The zero-order valence-electron chi connectivity index (χ0n) is 9.15. The van der Waals surface area contributed by atoms with Crippen LogP contribution in [0.2, 0.25) is 0 Å². The van der Waals surface area contributed by atoms with E-state index >= 15 is 0 Å². The third-order valence-electron chi connectivity index (χ3n) is 2.65. The van der Waals surface area contributed by atoms with Crippen molar-refractivity contribution in [1.82, 2.24) is 0 Å². The van der Waals surface area contributed by atoms with Gasteiger partial charge in [-0.05, 0) is 30.4 Å². The molecule has 15 heavy (non-hydrogen) atoms. The van der Waals surface area contributed by atoms with Gasteiger partial charge in [0, 0.05) is 6.42 Å². The fourth-order valence-electron chi connectivity index (χ4n) is 1.91. The molecule has 0 heterocycles. The lowest BCUT2D eigenvalue weighted by molar-refractivity contribution is -0.108. The third-order valence-corrected chi connectivity index (χ3v) is 2.65. The number of rotatable bonds is 6. The van der Waals surface area contributed by atoms with Crippen molar-refractivity contribution >= 4 is 6.29 Å². The van der Waals surface area contributed by atoms with Gasteiger partial charge in [-0.2, -0.15) is 0 Å². The Morgan fingerprint density at radius 2 is 2.07 bits per heavy atom. The summed E-state index contributed by atoms with van der Waals surface area (Å²) in [6, 6.07) is 7.40. The second-order valence-electron chi connectivity index (χ2n) is 3.79. The Hall–Kier alpha value is -1.31. The molecule has 0 aromatic heterocycles. The first-order valence-corrected chi connectivity index (χ1v) is 5.51. The molecule has 2 nitrogen and oxygen atoms in total. The van der Waals surface area contributed by atoms with E-state index in [4.69, 9.17) is 0 Å². The number of phenols is 1. The molecule has 0 aliphatic rings. The third kappa shape index (κ3) is 3.39. The van der Waals surface area contributed by atoms with Crippen LogP contribution in [0.5, 0.6) is 5.75 Å². The van der Waals surface area contributed by atoms with Crippen LogP contribution in [0.4, 0.5) is 0 Å². The Morgan fingerprint density at radius 1 is 1.33 bits per heavy atom. The van der Waals surface area contributed by atoms with Crippen LogP contribution in [0.25, 0.3) is 0 Å². The second-order valence-corrected chi connectivity index (χ2v) is 3.79. The van der Waals surface area contributed by atoms with E-state index in [1.165, 1.54) is 0 Å². The van der Waals surface area contributed by atoms with E-state index in [9.17, 15) is 9.90 Å². The predicted octanol–water partition coefficient (Wildman–Crippen LogP) is 3.26. The van der Waals surface area contributed by atoms with E-state index < -0.39 is 0 Å². The summed E-state index contributed by atoms with van der Waals surface area (Å²) in [7, 11) is 0. The number of carbonyl (C=O) groups excluding carboxylic acids is 1. The van der Waals surface area contributed by atoms with Gasteiger partial charge in [-0.3, -0.25) is 0 Å². The molecule has 0 saturated carbocycles. The van der Waals surface area contributed by atoms with E-state index in [1.807, 2.05) is 18.2 Å². The lowest BCUT2D eigenvalue weighted by atomic mass is 9.90. The molecule has 0 amide bonds. The molecule has 0 aliphatic heterocycles. The van der Waals surface area contributed by atoms with Crippen molar-refractivity contribution in [2.75, 3.05) is 0 Å². The van der Waals surface area contributed by atoms with Crippen molar-refractivity contribution in [2.45, 2.75) is 38.5 Å². The van der Waals surface area contributed by atoms with E-state index in [0.29, 0.717) is 18.1 Å². The van der Waals surface area contributed by atoms with Gasteiger partial charge in [0.25, 0.3) is 0 Å². The quantitative estimate of drug-likeness (QED) is 0.725. The maximum Gasteiger partial charge on any atom is 0.120 e. The fraction of sp³-hybridized carbons (Fsp3) is 0.462. The van der Waals surface area contributed by atoms with Crippen molar-refractivity contribution in [3.63, 3.8) is 0 Å². The summed E-state index contributed by atoms with van der Waals surface area (Å²) in [4.78, 5) is 10.4. The average molecular weight is 206 g/mol. The maximum absolute atomic E-state index is 10.4. The van der Waals surface area contributed by atoms with Gasteiger partial charge < -0.3 is 9.90 Å². The monoisotopic (exact) mass is 206 g/mol. The molecule has 1 atom stereocenters. The molecular weight excluding hydrogens is 188 g/mol. The summed E-state index contributed by atoms with van der Waals surface area (Å²) in [5.74, 6) is 0.656. The van der Waals surface area contributed by atoms with E-state index in [1.54, 1.807) is 6.07 Å². The lowest BCUT2D eigenvalue weighted by Gasteiger charge is -2.16. The largest absolute Gasteiger partial charge is 0.508 e. The van der Waals surface area contributed by atoms with Gasteiger partial charge in [0.1, 0.15) is 12.0 Å². The van der Waals surface area contributed by atoms with Crippen molar-refractivity contribution < 1.29 is 9.90 Å². The molecule has 0 aliphatic carbocycles. The highest BCUT2D eigenvalue weighted by Crippen LogP contribution is 2.31. The van der Waals surface area contributed by atoms with Gasteiger partial charge >= 0.3 is 0 Å². The lowest BCUT2D eigenvalue weighted by Crippen LogP contribution is -1.99. The van der Waals surface area contributed by atoms with Crippen molar-refractivity contribution in [1.29, 1.82) is 0 Å². The molecule has 2 heteroatoms. The first-order valence-electron chi connectivity index (χ1n) is 5.51. The molecule has 82 valence electrons. The molecule has 0 unspecified atom stereocenters. The highest BCUT2D eigenvalue weighted by molar-refractivity contribution is 5.49. The molecule has 0 fully saturated rings. The van der Waals surface area contributed by atoms with Crippen LogP contribution in [-0.2, 0) is 4.79 Å². The summed E-state index contributed by atoms with van der Waals surface area (Å²) < 4.78 is 0. The van der Waals surface area contributed by atoms with Gasteiger partial charge in [0.2, 0.25) is 0 Å². The van der Waals surface area contributed by atoms with Crippen LogP contribution in [0, 0.1) is 0 Å². The van der Waals surface area contributed by atoms with Gasteiger partial charge in [-0.1, -0.05) is 31.5 Å². The Bertz CT molecular complexity index is 307. The highest BCUT2D eigenvalue weighted by atomic mass is 16.3. The molecule has 1 aromatic rings. The van der Waals surface area contributed by atoms with Gasteiger partial charge in [-0.15, -0.1) is 0 Å². The summed E-state index contributed by atoms with van der Waals surface area (Å²) in [5, 5.41) is 9.72. The number of carbonyl (C=O) groups is 1. The fourth-order valence-corrected chi connectivity index (χ4v) is 1.91. The minimum atomic E-state index is 0.307. The van der Waals surface area contributed by atoms with Gasteiger partial charge in [0.15, 0.2) is 0 Å². The minimum absolute atomic E-state index is 0.307. The topological polar surface area (TPSA) is 37.3 Å². The zero-order valence-corrected chi connectivity index (χ0v) is 9.15. The van der Waals surface area contributed by atoms with Crippen molar-refractivity contribution in [2.24, 2.45) is 0 Å². The second kappa shape index (κ2) is 6.23.